The fraction of sp³-hybridized carbons (Fsp3) is 0.636. The van der Waals surface area contributed by atoms with Gasteiger partial charge in [-0.1, -0.05) is 6.92 Å². The second-order valence-corrected chi connectivity index (χ2v) is 4.28. The van der Waals surface area contributed by atoms with Gasteiger partial charge in [-0.3, -0.25) is 4.79 Å². The molecule has 1 aromatic heterocycles. The van der Waals surface area contributed by atoms with E-state index in [2.05, 4.69) is 4.98 Å². The smallest absolute Gasteiger partial charge is 0.293 e. The number of anilines is 1. The van der Waals surface area contributed by atoms with Gasteiger partial charge in [-0.2, -0.15) is 0 Å². The van der Waals surface area contributed by atoms with Gasteiger partial charge in [-0.25, -0.2) is 4.98 Å². The summed E-state index contributed by atoms with van der Waals surface area (Å²) in [6.45, 7) is 5.50. The molecule has 2 heterocycles. The quantitative estimate of drug-likeness (QED) is 0.796. The molecule has 1 aromatic rings. The van der Waals surface area contributed by atoms with Crippen LogP contribution in [0.3, 0.4) is 0 Å². The van der Waals surface area contributed by atoms with Crippen molar-refractivity contribution < 1.29 is 5.11 Å². The maximum Gasteiger partial charge on any atom is 0.293 e. The van der Waals surface area contributed by atoms with Gasteiger partial charge < -0.3 is 14.6 Å². The van der Waals surface area contributed by atoms with E-state index in [0.29, 0.717) is 31.9 Å². The standard InChI is InChI=1S/C11H17N3O2/c1-3-11(16)7-14(8-11)9-10(15)13(4-2)6-5-12-9/h5-6,16H,3-4,7-8H2,1-2H3. The zero-order chi connectivity index (χ0) is 11.8. The van der Waals surface area contributed by atoms with E-state index in [1.807, 2.05) is 18.7 Å². The lowest BCUT2D eigenvalue weighted by atomic mass is 9.91. The molecule has 1 fully saturated rings. The van der Waals surface area contributed by atoms with Crippen LogP contribution < -0.4 is 10.5 Å². The zero-order valence-corrected chi connectivity index (χ0v) is 9.68. The van der Waals surface area contributed by atoms with E-state index in [1.165, 1.54) is 0 Å². The molecule has 2 rings (SSSR count). The summed E-state index contributed by atoms with van der Waals surface area (Å²) >= 11 is 0. The van der Waals surface area contributed by atoms with Gasteiger partial charge in [-0.15, -0.1) is 0 Å². The van der Waals surface area contributed by atoms with Gasteiger partial charge in [0.2, 0.25) is 0 Å². The molecule has 1 N–H and O–H groups in total. The van der Waals surface area contributed by atoms with E-state index in [9.17, 15) is 9.90 Å². The van der Waals surface area contributed by atoms with Crippen molar-refractivity contribution in [3.05, 3.63) is 22.7 Å². The summed E-state index contributed by atoms with van der Waals surface area (Å²) in [5, 5.41) is 9.89. The highest BCUT2D eigenvalue weighted by molar-refractivity contribution is 5.41. The van der Waals surface area contributed by atoms with Gasteiger partial charge in [0.1, 0.15) is 0 Å². The first-order valence-corrected chi connectivity index (χ1v) is 5.62. The predicted molar refractivity (Wildman–Crippen MR) is 61.6 cm³/mol. The number of hydrogen-bond acceptors (Lipinski definition) is 4. The molecule has 1 aliphatic heterocycles. The van der Waals surface area contributed by atoms with E-state index in [1.54, 1.807) is 17.0 Å². The van der Waals surface area contributed by atoms with Gasteiger partial charge >= 0.3 is 0 Å². The van der Waals surface area contributed by atoms with Crippen LogP contribution in [0.4, 0.5) is 5.82 Å². The summed E-state index contributed by atoms with van der Waals surface area (Å²) in [4.78, 5) is 17.8. The topological polar surface area (TPSA) is 58.4 Å². The Bertz CT molecular complexity index is 435. The monoisotopic (exact) mass is 223 g/mol. The molecule has 88 valence electrons. The molecular weight excluding hydrogens is 206 g/mol. The lowest BCUT2D eigenvalue weighted by Gasteiger charge is -2.46. The van der Waals surface area contributed by atoms with E-state index in [4.69, 9.17) is 0 Å². The first-order valence-electron chi connectivity index (χ1n) is 5.62. The molecule has 0 bridgehead atoms. The van der Waals surface area contributed by atoms with E-state index < -0.39 is 5.60 Å². The average Bonchev–Trinajstić information content (AvgIpc) is 2.25. The molecule has 0 atom stereocenters. The van der Waals surface area contributed by atoms with Gasteiger partial charge in [0, 0.05) is 18.9 Å². The summed E-state index contributed by atoms with van der Waals surface area (Å²) < 4.78 is 1.62. The normalized spacial score (nSPS) is 18.3. The van der Waals surface area contributed by atoms with Crippen LogP contribution in [0, 0.1) is 0 Å². The third-order valence-electron chi connectivity index (χ3n) is 3.16. The number of hydrogen-bond donors (Lipinski definition) is 1. The highest BCUT2D eigenvalue weighted by atomic mass is 16.3. The van der Waals surface area contributed by atoms with Crippen molar-refractivity contribution in [2.45, 2.75) is 32.4 Å². The summed E-state index contributed by atoms with van der Waals surface area (Å²) in [7, 11) is 0. The minimum atomic E-state index is -0.638. The first kappa shape index (κ1) is 11.1. The van der Waals surface area contributed by atoms with Gasteiger partial charge in [0.15, 0.2) is 5.82 Å². The average molecular weight is 223 g/mol. The minimum Gasteiger partial charge on any atom is -0.386 e. The van der Waals surface area contributed by atoms with Gasteiger partial charge in [0.25, 0.3) is 5.56 Å². The second kappa shape index (κ2) is 3.90. The van der Waals surface area contributed by atoms with Crippen molar-refractivity contribution in [3.8, 4) is 0 Å². The third-order valence-corrected chi connectivity index (χ3v) is 3.16. The SMILES string of the molecule is CCn1ccnc(N2CC(O)(CC)C2)c1=O. The molecule has 0 aliphatic carbocycles. The number of aryl methyl sites for hydroxylation is 1. The van der Waals surface area contributed by atoms with Crippen LogP contribution in [-0.2, 0) is 6.54 Å². The van der Waals surface area contributed by atoms with Crippen LogP contribution in [0.1, 0.15) is 20.3 Å². The number of aliphatic hydroxyl groups is 1. The van der Waals surface area contributed by atoms with Crippen molar-refractivity contribution in [3.63, 3.8) is 0 Å². The molecular formula is C11H17N3O2. The lowest BCUT2D eigenvalue weighted by molar-refractivity contribution is 0.00785. The summed E-state index contributed by atoms with van der Waals surface area (Å²) in [6.07, 6.45) is 4.01. The number of rotatable bonds is 3. The number of nitrogens with zero attached hydrogens (tertiary/aromatic N) is 3. The Morgan fingerprint density at radius 2 is 2.19 bits per heavy atom. The van der Waals surface area contributed by atoms with Crippen molar-refractivity contribution in [1.82, 2.24) is 9.55 Å². The fourth-order valence-corrected chi connectivity index (χ4v) is 1.94. The molecule has 0 unspecified atom stereocenters. The fourth-order valence-electron chi connectivity index (χ4n) is 1.94. The van der Waals surface area contributed by atoms with Crippen LogP contribution in [0.2, 0.25) is 0 Å². The Labute approximate surface area is 94.3 Å². The highest BCUT2D eigenvalue weighted by Crippen LogP contribution is 2.26. The Kier molecular flexibility index (Phi) is 2.71. The molecule has 1 aliphatic rings. The molecule has 0 aromatic carbocycles. The van der Waals surface area contributed by atoms with Crippen molar-refractivity contribution in [2.24, 2.45) is 0 Å². The lowest BCUT2D eigenvalue weighted by Crippen LogP contribution is -2.63. The number of β-amino-alcohol motifs (C(OH)–C–C–N with tert-alkyl or cyclic N) is 1. The van der Waals surface area contributed by atoms with Crippen molar-refractivity contribution in [2.75, 3.05) is 18.0 Å². The van der Waals surface area contributed by atoms with Crippen LogP contribution in [0.15, 0.2) is 17.2 Å². The van der Waals surface area contributed by atoms with E-state index in [-0.39, 0.29) is 5.56 Å². The summed E-state index contributed by atoms with van der Waals surface area (Å²) in [5.41, 5.74) is -0.718. The van der Waals surface area contributed by atoms with Gasteiger partial charge in [0.05, 0.1) is 18.7 Å². The Morgan fingerprint density at radius 1 is 1.50 bits per heavy atom. The van der Waals surface area contributed by atoms with Crippen LogP contribution in [0.25, 0.3) is 0 Å². The molecule has 0 spiro atoms. The van der Waals surface area contributed by atoms with Gasteiger partial charge in [-0.05, 0) is 13.3 Å². The van der Waals surface area contributed by atoms with Crippen molar-refractivity contribution >= 4 is 5.82 Å². The molecule has 5 nitrogen and oxygen atoms in total. The maximum atomic E-state index is 11.9. The Hall–Kier alpha value is -1.36. The molecule has 0 saturated carbocycles. The predicted octanol–water partition coefficient (Wildman–Crippen LogP) is 0.224. The molecule has 0 amide bonds. The second-order valence-electron chi connectivity index (χ2n) is 4.28. The highest BCUT2D eigenvalue weighted by Gasteiger charge is 2.41. The van der Waals surface area contributed by atoms with Crippen molar-refractivity contribution in [1.29, 1.82) is 0 Å². The summed E-state index contributed by atoms with van der Waals surface area (Å²) in [6, 6.07) is 0. The molecule has 1 saturated heterocycles. The number of aromatic nitrogens is 2. The largest absolute Gasteiger partial charge is 0.386 e. The van der Waals surface area contributed by atoms with Crippen LogP contribution >= 0.6 is 0 Å². The molecule has 0 radical (unpaired) electrons. The minimum absolute atomic E-state index is 0.0804. The third kappa shape index (κ3) is 1.71. The maximum absolute atomic E-state index is 11.9. The van der Waals surface area contributed by atoms with Crippen LogP contribution in [-0.4, -0.2) is 33.3 Å². The zero-order valence-electron chi connectivity index (χ0n) is 9.68. The van der Waals surface area contributed by atoms with E-state index in [0.717, 1.165) is 0 Å². The Morgan fingerprint density at radius 3 is 2.75 bits per heavy atom. The summed E-state index contributed by atoms with van der Waals surface area (Å²) in [5.74, 6) is 0.447. The molecule has 16 heavy (non-hydrogen) atoms. The first-order chi connectivity index (χ1) is 7.59. The van der Waals surface area contributed by atoms with Crippen LogP contribution in [0.5, 0.6) is 0 Å². The Balaban J connectivity index is 2.21. The van der Waals surface area contributed by atoms with E-state index >= 15 is 0 Å². The molecule has 5 heteroatoms.